The van der Waals surface area contributed by atoms with Gasteiger partial charge in [0.2, 0.25) is 9.84 Å². The summed E-state index contributed by atoms with van der Waals surface area (Å²) in [6.45, 7) is 4.73. The zero-order valence-corrected chi connectivity index (χ0v) is 15.8. The molecule has 1 N–H and O–H groups in total. The second-order valence-electron chi connectivity index (χ2n) is 6.60. The Balaban J connectivity index is 2.49. The van der Waals surface area contributed by atoms with Crippen LogP contribution < -0.4 is 5.32 Å². The molecule has 2 aromatic carbocycles. The van der Waals surface area contributed by atoms with Crippen molar-refractivity contribution in [3.63, 3.8) is 0 Å². The molecule has 0 radical (unpaired) electrons. The van der Waals surface area contributed by atoms with E-state index in [1.54, 1.807) is 20.8 Å². The Kier molecular flexibility index (Phi) is 6.00. The van der Waals surface area contributed by atoms with Gasteiger partial charge in [0.05, 0.1) is 0 Å². The van der Waals surface area contributed by atoms with Gasteiger partial charge in [-0.05, 0) is 57.2 Å². The summed E-state index contributed by atoms with van der Waals surface area (Å²) in [5.41, 5.74) is -0.627. The van der Waals surface area contributed by atoms with Crippen LogP contribution in [-0.4, -0.2) is 20.0 Å². The van der Waals surface area contributed by atoms with Crippen molar-refractivity contribution < 1.29 is 26.7 Å². The van der Waals surface area contributed by atoms with E-state index in [0.29, 0.717) is 5.69 Å². The summed E-state index contributed by atoms with van der Waals surface area (Å²) in [5.74, 6) is -2.61. The van der Waals surface area contributed by atoms with Crippen LogP contribution in [-0.2, 0) is 19.4 Å². The second-order valence-corrected chi connectivity index (χ2v) is 8.48. The van der Waals surface area contributed by atoms with Crippen LogP contribution in [0, 0.1) is 11.6 Å². The molecule has 0 amide bonds. The molecule has 0 aliphatic carbocycles. The van der Waals surface area contributed by atoms with Gasteiger partial charge in [-0.1, -0.05) is 12.1 Å². The molecule has 0 bridgehead atoms. The number of benzene rings is 2. The third-order valence-electron chi connectivity index (χ3n) is 3.23. The summed E-state index contributed by atoms with van der Waals surface area (Å²) in [6, 6.07) is 9.75. The van der Waals surface area contributed by atoms with E-state index < -0.39 is 42.8 Å². The number of ether oxygens (including phenoxy) is 1. The van der Waals surface area contributed by atoms with E-state index in [4.69, 9.17) is 4.74 Å². The van der Waals surface area contributed by atoms with Crippen molar-refractivity contribution in [2.45, 2.75) is 31.3 Å². The minimum Gasteiger partial charge on any atom is -0.456 e. The van der Waals surface area contributed by atoms with Crippen LogP contribution in [0.1, 0.15) is 20.8 Å². The van der Waals surface area contributed by atoms with E-state index >= 15 is 0 Å². The van der Waals surface area contributed by atoms with Gasteiger partial charge in [0, 0.05) is 11.9 Å². The Bertz CT molecular complexity index is 962. The Morgan fingerprint density at radius 1 is 1.04 bits per heavy atom. The number of hydrogen-bond acceptors (Lipinski definition) is 5. The van der Waals surface area contributed by atoms with Crippen molar-refractivity contribution in [3.05, 3.63) is 71.3 Å². The number of sulfone groups is 1. The SMILES string of the molecule is CC(C)(C)OC(=O)C(=CNc1ccc(F)cc1)S(=O)(=O)c1ccccc1F. The Labute approximate surface area is 156 Å². The van der Waals surface area contributed by atoms with Crippen LogP contribution in [0.2, 0.25) is 0 Å². The fraction of sp³-hybridized carbons (Fsp3) is 0.211. The molecule has 0 unspecified atom stereocenters. The van der Waals surface area contributed by atoms with E-state index in [1.807, 2.05) is 0 Å². The van der Waals surface area contributed by atoms with Gasteiger partial charge in [-0.3, -0.25) is 0 Å². The summed E-state index contributed by atoms with van der Waals surface area (Å²) in [7, 11) is -4.51. The topological polar surface area (TPSA) is 72.5 Å². The summed E-state index contributed by atoms with van der Waals surface area (Å²) in [6.07, 6.45) is 0.906. The van der Waals surface area contributed by atoms with Crippen LogP contribution in [0.25, 0.3) is 0 Å². The first kappa shape index (κ1) is 20.6. The van der Waals surface area contributed by atoms with Crippen LogP contribution in [0.15, 0.2) is 64.5 Å². The van der Waals surface area contributed by atoms with Gasteiger partial charge in [0.15, 0.2) is 4.91 Å². The molecule has 0 spiro atoms. The molecule has 0 fully saturated rings. The number of esters is 1. The average molecular weight is 395 g/mol. The quantitative estimate of drug-likeness (QED) is 0.611. The lowest BCUT2D eigenvalue weighted by Gasteiger charge is -2.20. The number of anilines is 1. The zero-order valence-electron chi connectivity index (χ0n) is 15.0. The standard InChI is InChI=1S/C19H19F2NO4S/c1-19(2,3)26-18(23)17(12-22-14-10-8-13(20)9-11-14)27(24,25)16-7-5-4-6-15(16)21/h4-12,22H,1-3H3. The first-order valence-electron chi connectivity index (χ1n) is 7.96. The summed E-state index contributed by atoms with van der Waals surface area (Å²) in [4.78, 5) is 11.1. The second kappa shape index (κ2) is 7.87. The first-order valence-corrected chi connectivity index (χ1v) is 9.44. The highest BCUT2D eigenvalue weighted by Crippen LogP contribution is 2.25. The monoisotopic (exact) mass is 395 g/mol. The molecule has 8 heteroatoms. The number of carbonyl (C=O) groups excluding carboxylic acids is 1. The molecule has 0 saturated carbocycles. The molecule has 0 aromatic heterocycles. The average Bonchev–Trinajstić information content (AvgIpc) is 2.55. The van der Waals surface area contributed by atoms with Gasteiger partial charge in [-0.15, -0.1) is 0 Å². The molecule has 2 rings (SSSR count). The predicted octanol–water partition coefficient (Wildman–Crippen LogP) is 4.03. The van der Waals surface area contributed by atoms with Crippen LogP contribution in [0.3, 0.4) is 0 Å². The van der Waals surface area contributed by atoms with Gasteiger partial charge in [0.1, 0.15) is 22.1 Å². The Hall–Kier alpha value is -2.74. The van der Waals surface area contributed by atoms with Crippen LogP contribution >= 0.6 is 0 Å². The predicted molar refractivity (Wildman–Crippen MR) is 97.5 cm³/mol. The van der Waals surface area contributed by atoms with Crippen molar-refractivity contribution in [3.8, 4) is 0 Å². The highest BCUT2D eigenvalue weighted by Gasteiger charge is 2.33. The van der Waals surface area contributed by atoms with E-state index in [-0.39, 0.29) is 0 Å². The van der Waals surface area contributed by atoms with Crippen molar-refractivity contribution in [1.82, 2.24) is 0 Å². The smallest absolute Gasteiger partial charge is 0.352 e. The Morgan fingerprint density at radius 2 is 1.63 bits per heavy atom. The summed E-state index contributed by atoms with van der Waals surface area (Å²) < 4.78 is 57.9. The number of carbonyl (C=O) groups is 1. The molecule has 0 aliphatic heterocycles. The molecule has 0 atom stereocenters. The maximum Gasteiger partial charge on any atom is 0.352 e. The minimum absolute atomic E-state index is 0.334. The molecule has 0 heterocycles. The van der Waals surface area contributed by atoms with Crippen molar-refractivity contribution >= 4 is 21.5 Å². The molecule has 0 saturated heterocycles. The molecular formula is C19H19F2NO4S. The van der Waals surface area contributed by atoms with E-state index in [2.05, 4.69) is 5.32 Å². The third kappa shape index (κ3) is 5.37. The highest BCUT2D eigenvalue weighted by molar-refractivity contribution is 7.96. The lowest BCUT2D eigenvalue weighted by atomic mass is 10.2. The molecule has 144 valence electrons. The molecule has 27 heavy (non-hydrogen) atoms. The van der Waals surface area contributed by atoms with Crippen molar-refractivity contribution in [2.24, 2.45) is 0 Å². The first-order chi connectivity index (χ1) is 12.5. The van der Waals surface area contributed by atoms with Gasteiger partial charge in [-0.25, -0.2) is 22.0 Å². The largest absolute Gasteiger partial charge is 0.456 e. The molecule has 5 nitrogen and oxygen atoms in total. The van der Waals surface area contributed by atoms with Crippen LogP contribution in [0.4, 0.5) is 14.5 Å². The molecule has 0 aliphatic rings. The normalized spacial score (nSPS) is 12.6. The van der Waals surface area contributed by atoms with Gasteiger partial charge in [-0.2, -0.15) is 0 Å². The molecular weight excluding hydrogens is 376 g/mol. The zero-order chi connectivity index (χ0) is 20.2. The van der Waals surface area contributed by atoms with Gasteiger partial charge >= 0.3 is 5.97 Å². The number of nitrogens with one attached hydrogen (secondary N) is 1. The fourth-order valence-electron chi connectivity index (χ4n) is 2.05. The fourth-order valence-corrected chi connectivity index (χ4v) is 3.35. The van der Waals surface area contributed by atoms with E-state index in [1.165, 1.54) is 24.3 Å². The molecule has 2 aromatic rings. The maximum atomic E-state index is 14.0. The number of halogens is 2. The van der Waals surface area contributed by atoms with Gasteiger partial charge in [0.25, 0.3) is 0 Å². The van der Waals surface area contributed by atoms with E-state index in [0.717, 1.165) is 30.5 Å². The minimum atomic E-state index is -4.51. The van der Waals surface area contributed by atoms with E-state index in [9.17, 15) is 22.0 Å². The number of rotatable bonds is 5. The third-order valence-corrected chi connectivity index (χ3v) is 5.00. The Morgan fingerprint density at radius 3 is 2.19 bits per heavy atom. The van der Waals surface area contributed by atoms with Crippen molar-refractivity contribution in [1.29, 1.82) is 0 Å². The summed E-state index contributed by atoms with van der Waals surface area (Å²) in [5, 5.41) is 2.60. The van der Waals surface area contributed by atoms with Crippen molar-refractivity contribution in [2.75, 3.05) is 5.32 Å². The maximum absolute atomic E-state index is 14.0. The summed E-state index contributed by atoms with van der Waals surface area (Å²) >= 11 is 0. The van der Waals surface area contributed by atoms with Crippen LogP contribution in [0.5, 0.6) is 0 Å². The highest BCUT2D eigenvalue weighted by atomic mass is 32.2. The van der Waals surface area contributed by atoms with Gasteiger partial charge < -0.3 is 10.1 Å². The lowest BCUT2D eigenvalue weighted by molar-refractivity contribution is -0.149. The lowest BCUT2D eigenvalue weighted by Crippen LogP contribution is -2.28. The number of hydrogen-bond donors (Lipinski definition) is 1.